The average molecular weight is 534 g/mol. The number of likely N-dealkylation sites (tertiary alicyclic amines) is 1. The predicted octanol–water partition coefficient (Wildman–Crippen LogP) is 4.39. The van der Waals surface area contributed by atoms with Gasteiger partial charge in [-0.3, -0.25) is 24.4 Å². The third-order valence-electron chi connectivity index (χ3n) is 7.11. The maximum absolute atomic E-state index is 13.6. The van der Waals surface area contributed by atoms with Crippen molar-refractivity contribution in [2.45, 2.75) is 83.0 Å². The van der Waals surface area contributed by atoms with Gasteiger partial charge in [-0.1, -0.05) is 11.6 Å². The number of hydrogen-bond donors (Lipinski definition) is 2. The Morgan fingerprint density at radius 3 is 2.32 bits per heavy atom. The first kappa shape index (κ1) is 26.9. The number of carbonyl (C=O) groups is 3. The molecular formula is C26H30ClF2N5O3. The predicted molar refractivity (Wildman–Crippen MR) is 133 cm³/mol. The van der Waals surface area contributed by atoms with Crippen LogP contribution in [0.1, 0.15) is 91.4 Å². The maximum Gasteiger partial charge on any atom is 0.272 e. The van der Waals surface area contributed by atoms with E-state index in [1.807, 2.05) is 18.7 Å². The number of halogens is 3. The Hall–Kier alpha value is -3.14. The van der Waals surface area contributed by atoms with Crippen molar-refractivity contribution in [1.82, 2.24) is 25.5 Å². The van der Waals surface area contributed by atoms with Gasteiger partial charge in [0.05, 0.1) is 27.9 Å². The van der Waals surface area contributed by atoms with Crippen LogP contribution in [0.2, 0.25) is 5.02 Å². The molecule has 37 heavy (non-hydrogen) atoms. The summed E-state index contributed by atoms with van der Waals surface area (Å²) in [7, 11) is 0. The van der Waals surface area contributed by atoms with Gasteiger partial charge in [0.1, 0.15) is 5.54 Å². The Morgan fingerprint density at radius 2 is 1.76 bits per heavy atom. The molecule has 1 aliphatic carbocycles. The highest BCUT2D eigenvalue weighted by molar-refractivity contribution is 6.31. The lowest BCUT2D eigenvalue weighted by atomic mass is 10.1. The van der Waals surface area contributed by atoms with Crippen molar-refractivity contribution in [2.75, 3.05) is 0 Å². The molecule has 4 rings (SSSR count). The van der Waals surface area contributed by atoms with Crippen molar-refractivity contribution in [3.05, 3.63) is 58.1 Å². The molecular weight excluding hydrogens is 504 g/mol. The van der Waals surface area contributed by atoms with Crippen molar-refractivity contribution < 1.29 is 23.2 Å². The molecule has 2 aromatic heterocycles. The molecule has 0 unspecified atom stereocenters. The lowest BCUT2D eigenvalue weighted by Gasteiger charge is -2.26. The van der Waals surface area contributed by atoms with Crippen LogP contribution >= 0.6 is 11.6 Å². The Bertz CT molecular complexity index is 1220. The van der Waals surface area contributed by atoms with E-state index >= 15 is 0 Å². The van der Waals surface area contributed by atoms with Crippen LogP contribution in [-0.2, 0) is 10.7 Å². The van der Waals surface area contributed by atoms with E-state index in [9.17, 15) is 23.2 Å². The van der Waals surface area contributed by atoms with Crippen LogP contribution in [0.4, 0.5) is 8.78 Å². The number of alkyl halides is 2. The van der Waals surface area contributed by atoms with Crippen LogP contribution in [0.5, 0.6) is 0 Å². The van der Waals surface area contributed by atoms with E-state index in [4.69, 9.17) is 11.6 Å². The van der Waals surface area contributed by atoms with Crippen molar-refractivity contribution in [1.29, 1.82) is 0 Å². The van der Waals surface area contributed by atoms with Gasteiger partial charge in [-0.05, 0) is 58.6 Å². The van der Waals surface area contributed by atoms with E-state index < -0.39 is 29.3 Å². The van der Waals surface area contributed by atoms with Crippen molar-refractivity contribution in [2.24, 2.45) is 0 Å². The number of nitrogens with one attached hydrogen (secondary N) is 2. The number of pyridine rings is 2. The third kappa shape index (κ3) is 5.58. The molecule has 0 aromatic carbocycles. The third-order valence-corrected chi connectivity index (χ3v) is 7.41. The topological polar surface area (TPSA) is 104 Å². The quantitative estimate of drug-likeness (QED) is 0.549. The SMILES string of the molecule is C[C@@H]1CC[C@H](C)N1C(=O)c1cnc([C@@H](C)NC(=O)C2(NC(=O)c3cncc(C(C)(F)F)c3)CC2)c(Cl)c1. The molecule has 2 fully saturated rings. The second-order valence-electron chi connectivity index (χ2n) is 10.2. The number of aromatic nitrogens is 2. The van der Waals surface area contributed by atoms with Gasteiger partial charge in [-0.25, -0.2) is 8.78 Å². The van der Waals surface area contributed by atoms with Crippen molar-refractivity contribution >= 4 is 29.3 Å². The molecule has 1 aliphatic heterocycles. The van der Waals surface area contributed by atoms with E-state index in [2.05, 4.69) is 20.6 Å². The van der Waals surface area contributed by atoms with Gasteiger partial charge < -0.3 is 15.5 Å². The monoisotopic (exact) mass is 533 g/mol. The first-order chi connectivity index (χ1) is 17.3. The van der Waals surface area contributed by atoms with E-state index in [-0.39, 0.29) is 34.1 Å². The standard InChI is InChI=1S/C26H30ClF2N5O3/c1-14-5-6-15(2)34(14)23(36)18-10-20(27)21(31-12-18)16(3)32-24(37)26(7-8-26)33-22(35)17-9-19(13-30-11-17)25(4,28)29/h9-16H,5-8H2,1-4H3,(H,32,37)(H,33,35)/t14-,15+,16-/m1/s1. The summed E-state index contributed by atoms with van der Waals surface area (Å²) in [4.78, 5) is 48.7. The van der Waals surface area contributed by atoms with Crippen molar-refractivity contribution in [3.63, 3.8) is 0 Å². The number of nitrogens with zero attached hydrogens (tertiary/aromatic N) is 3. The first-order valence-electron chi connectivity index (χ1n) is 12.3. The van der Waals surface area contributed by atoms with E-state index in [1.165, 1.54) is 12.4 Å². The van der Waals surface area contributed by atoms with Gasteiger partial charge in [0.2, 0.25) is 5.91 Å². The molecule has 3 amide bonds. The molecule has 198 valence electrons. The smallest absolute Gasteiger partial charge is 0.272 e. The van der Waals surface area contributed by atoms with Crippen LogP contribution in [0.15, 0.2) is 30.7 Å². The first-order valence-corrected chi connectivity index (χ1v) is 12.6. The summed E-state index contributed by atoms with van der Waals surface area (Å²) in [6.07, 6.45) is 6.32. The summed E-state index contributed by atoms with van der Waals surface area (Å²) in [5.74, 6) is -4.38. The Labute approximate surface area is 219 Å². The number of carbonyl (C=O) groups excluding carboxylic acids is 3. The normalized spacial score (nSPS) is 21.3. The fourth-order valence-electron chi connectivity index (χ4n) is 4.66. The average Bonchev–Trinajstić information content (AvgIpc) is 3.55. The van der Waals surface area contributed by atoms with Crippen LogP contribution in [-0.4, -0.2) is 50.2 Å². The summed E-state index contributed by atoms with van der Waals surface area (Å²) < 4.78 is 27.2. The number of hydrogen-bond acceptors (Lipinski definition) is 5. The highest BCUT2D eigenvalue weighted by Gasteiger charge is 2.51. The largest absolute Gasteiger partial charge is 0.346 e. The zero-order valence-corrected chi connectivity index (χ0v) is 21.9. The highest BCUT2D eigenvalue weighted by Crippen LogP contribution is 2.37. The van der Waals surface area contributed by atoms with Gasteiger partial charge in [-0.15, -0.1) is 0 Å². The molecule has 0 bridgehead atoms. The Kier molecular flexibility index (Phi) is 7.25. The fourth-order valence-corrected chi connectivity index (χ4v) is 4.99. The molecule has 0 radical (unpaired) electrons. The lowest BCUT2D eigenvalue weighted by molar-refractivity contribution is -0.124. The van der Waals surface area contributed by atoms with Gasteiger partial charge in [-0.2, -0.15) is 0 Å². The fraction of sp³-hybridized carbons (Fsp3) is 0.500. The number of amides is 3. The minimum Gasteiger partial charge on any atom is -0.346 e. The molecule has 11 heteroatoms. The molecule has 1 saturated heterocycles. The Balaban J connectivity index is 1.42. The van der Waals surface area contributed by atoms with Gasteiger partial charge in [0.15, 0.2) is 0 Å². The molecule has 2 aromatic rings. The van der Waals surface area contributed by atoms with Crippen LogP contribution < -0.4 is 10.6 Å². The summed E-state index contributed by atoms with van der Waals surface area (Å²) in [5.41, 5.74) is -0.830. The summed E-state index contributed by atoms with van der Waals surface area (Å²) in [5, 5.41) is 5.72. The van der Waals surface area contributed by atoms with E-state index in [1.54, 1.807) is 13.0 Å². The second kappa shape index (κ2) is 9.96. The van der Waals surface area contributed by atoms with Crippen LogP contribution in [0.25, 0.3) is 0 Å². The minimum absolute atomic E-state index is 0.0576. The highest BCUT2D eigenvalue weighted by atomic mass is 35.5. The number of rotatable bonds is 7. The minimum atomic E-state index is -3.15. The van der Waals surface area contributed by atoms with E-state index in [0.717, 1.165) is 32.0 Å². The van der Waals surface area contributed by atoms with E-state index in [0.29, 0.717) is 24.1 Å². The zero-order chi connectivity index (χ0) is 27.1. The van der Waals surface area contributed by atoms with Gasteiger partial charge >= 0.3 is 0 Å². The molecule has 3 heterocycles. The molecule has 8 nitrogen and oxygen atoms in total. The molecule has 1 saturated carbocycles. The second-order valence-corrected chi connectivity index (χ2v) is 10.6. The van der Waals surface area contributed by atoms with Gasteiger partial charge in [0.25, 0.3) is 17.7 Å². The lowest BCUT2D eigenvalue weighted by Crippen LogP contribution is -2.49. The van der Waals surface area contributed by atoms with Crippen molar-refractivity contribution in [3.8, 4) is 0 Å². The summed E-state index contributed by atoms with van der Waals surface area (Å²) >= 11 is 6.45. The summed E-state index contributed by atoms with van der Waals surface area (Å²) in [6.45, 7) is 6.45. The molecule has 2 aliphatic rings. The molecule has 2 N–H and O–H groups in total. The van der Waals surface area contributed by atoms with Crippen LogP contribution in [0.3, 0.4) is 0 Å². The summed E-state index contributed by atoms with van der Waals surface area (Å²) in [6, 6.07) is 2.30. The molecule has 0 spiro atoms. The Morgan fingerprint density at radius 1 is 1.11 bits per heavy atom. The molecule has 3 atom stereocenters. The zero-order valence-electron chi connectivity index (χ0n) is 21.1. The van der Waals surface area contributed by atoms with Gasteiger partial charge in [0, 0.05) is 43.2 Å². The maximum atomic E-state index is 13.6. The van der Waals surface area contributed by atoms with Crippen LogP contribution in [0, 0.1) is 0 Å².